The standard InChI is InChI=1S/C9H9ClFNO2/c1-9(12,8(13)14)6-4-5(10)2-3-7(6)11/h2-4H,12H2,1H3,(H,13,14)/t9-/m1/s1. The van der Waals surface area contributed by atoms with E-state index in [1.807, 2.05) is 0 Å². The lowest BCUT2D eigenvalue weighted by Gasteiger charge is -2.20. The number of halogens is 2. The van der Waals surface area contributed by atoms with E-state index in [0.717, 1.165) is 6.07 Å². The molecule has 5 heteroatoms. The summed E-state index contributed by atoms with van der Waals surface area (Å²) in [5, 5.41) is 9.02. The number of rotatable bonds is 2. The van der Waals surface area contributed by atoms with Gasteiger partial charge in [-0.3, -0.25) is 0 Å². The molecule has 0 aliphatic rings. The minimum Gasteiger partial charge on any atom is -0.480 e. The van der Waals surface area contributed by atoms with E-state index in [1.54, 1.807) is 0 Å². The van der Waals surface area contributed by atoms with Crippen molar-refractivity contribution in [2.45, 2.75) is 12.5 Å². The molecule has 0 bridgehead atoms. The minimum atomic E-state index is -1.77. The second kappa shape index (κ2) is 3.55. The highest BCUT2D eigenvalue weighted by molar-refractivity contribution is 6.30. The number of nitrogens with two attached hydrogens (primary N) is 1. The summed E-state index contributed by atoms with van der Waals surface area (Å²) >= 11 is 5.61. The fraction of sp³-hybridized carbons (Fsp3) is 0.222. The lowest BCUT2D eigenvalue weighted by molar-refractivity contribution is -0.143. The van der Waals surface area contributed by atoms with Crippen LogP contribution in [-0.2, 0) is 10.3 Å². The van der Waals surface area contributed by atoms with Gasteiger partial charge in [0.1, 0.15) is 11.4 Å². The van der Waals surface area contributed by atoms with Crippen molar-refractivity contribution in [1.29, 1.82) is 0 Å². The van der Waals surface area contributed by atoms with Gasteiger partial charge in [-0.2, -0.15) is 0 Å². The molecule has 0 aliphatic heterocycles. The summed E-state index contributed by atoms with van der Waals surface area (Å²) in [6.07, 6.45) is 0. The fourth-order valence-corrected chi connectivity index (χ4v) is 1.18. The molecule has 0 fully saturated rings. The molecule has 0 unspecified atom stereocenters. The van der Waals surface area contributed by atoms with Gasteiger partial charge in [0.05, 0.1) is 0 Å². The zero-order chi connectivity index (χ0) is 10.9. The van der Waals surface area contributed by atoms with Crippen molar-refractivity contribution < 1.29 is 14.3 Å². The van der Waals surface area contributed by atoms with Gasteiger partial charge in [0.2, 0.25) is 0 Å². The van der Waals surface area contributed by atoms with Crippen LogP contribution in [0.15, 0.2) is 18.2 Å². The molecule has 1 aromatic carbocycles. The maximum absolute atomic E-state index is 13.2. The molecular weight excluding hydrogens is 209 g/mol. The zero-order valence-corrected chi connectivity index (χ0v) is 8.18. The highest BCUT2D eigenvalue weighted by atomic mass is 35.5. The van der Waals surface area contributed by atoms with E-state index in [-0.39, 0.29) is 10.6 Å². The van der Waals surface area contributed by atoms with Crippen molar-refractivity contribution >= 4 is 17.6 Å². The first kappa shape index (κ1) is 10.9. The Hall–Kier alpha value is -1.13. The van der Waals surface area contributed by atoms with Crippen LogP contribution >= 0.6 is 11.6 Å². The molecule has 3 nitrogen and oxygen atoms in total. The van der Waals surface area contributed by atoms with Gasteiger partial charge in [-0.15, -0.1) is 0 Å². The quantitative estimate of drug-likeness (QED) is 0.793. The van der Waals surface area contributed by atoms with E-state index < -0.39 is 17.3 Å². The smallest absolute Gasteiger partial charge is 0.328 e. The van der Waals surface area contributed by atoms with Crippen LogP contribution in [-0.4, -0.2) is 11.1 Å². The van der Waals surface area contributed by atoms with Gasteiger partial charge >= 0.3 is 5.97 Å². The number of carboxylic acid groups (broad SMARTS) is 1. The Kier molecular flexibility index (Phi) is 2.78. The van der Waals surface area contributed by atoms with E-state index in [4.69, 9.17) is 22.4 Å². The number of hydrogen-bond donors (Lipinski definition) is 2. The first-order chi connectivity index (χ1) is 6.35. The van der Waals surface area contributed by atoms with E-state index >= 15 is 0 Å². The predicted molar refractivity (Wildman–Crippen MR) is 50.6 cm³/mol. The molecule has 1 atom stereocenters. The van der Waals surface area contributed by atoms with Crippen molar-refractivity contribution in [3.63, 3.8) is 0 Å². The Morgan fingerprint density at radius 3 is 2.71 bits per heavy atom. The number of carboxylic acids is 1. The highest BCUT2D eigenvalue weighted by Gasteiger charge is 2.33. The molecule has 0 aromatic heterocycles. The molecule has 0 amide bonds. The lowest BCUT2D eigenvalue weighted by Crippen LogP contribution is -2.42. The van der Waals surface area contributed by atoms with Crippen molar-refractivity contribution in [3.05, 3.63) is 34.6 Å². The lowest BCUT2D eigenvalue weighted by atomic mass is 9.93. The highest BCUT2D eigenvalue weighted by Crippen LogP contribution is 2.24. The van der Waals surface area contributed by atoms with Gasteiger partial charge < -0.3 is 10.8 Å². The van der Waals surface area contributed by atoms with Crippen LogP contribution in [0.5, 0.6) is 0 Å². The molecule has 76 valence electrons. The predicted octanol–water partition coefficient (Wildman–Crippen LogP) is 1.74. The van der Waals surface area contributed by atoms with E-state index in [2.05, 4.69) is 0 Å². The van der Waals surface area contributed by atoms with E-state index in [0.29, 0.717) is 0 Å². The number of aliphatic carboxylic acids is 1. The summed E-state index contributed by atoms with van der Waals surface area (Å²) in [6, 6.07) is 3.63. The third-order valence-electron chi connectivity index (χ3n) is 1.93. The SMILES string of the molecule is C[C@](N)(C(=O)O)c1cc(Cl)ccc1F. The zero-order valence-electron chi connectivity index (χ0n) is 7.42. The number of hydrogen-bond acceptors (Lipinski definition) is 2. The average molecular weight is 218 g/mol. The third-order valence-corrected chi connectivity index (χ3v) is 2.17. The maximum Gasteiger partial charge on any atom is 0.328 e. The molecule has 1 aromatic rings. The van der Waals surface area contributed by atoms with Crippen LogP contribution in [0.25, 0.3) is 0 Å². The van der Waals surface area contributed by atoms with Gasteiger partial charge in [-0.05, 0) is 25.1 Å². The van der Waals surface area contributed by atoms with Crippen molar-refractivity contribution in [3.8, 4) is 0 Å². The Morgan fingerprint density at radius 2 is 2.21 bits per heavy atom. The summed E-state index contributed by atoms with van der Waals surface area (Å²) in [5.41, 5.74) is 3.56. The summed E-state index contributed by atoms with van der Waals surface area (Å²) < 4.78 is 13.2. The summed E-state index contributed by atoms with van der Waals surface area (Å²) in [5.74, 6) is -1.99. The maximum atomic E-state index is 13.2. The Morgan fingerprint density at radius 1 is 1.64 bits per heavy atom. The molecule has 1 rings (SSSR count). The molecule has 0 heterocycles. The summed E-state index contributed by atoms with van der Waals surface area (Å²) in [6.45, 7) is 1.21. The molecular formula is C9H9ClFNO2. The molecule has 0 saturated heterocycles. The first-order valence-corrected chi connectivity index (χ1v) is 4.21. The Balaban J connectivity index is 3.31. The molecule has 0 radical (unpaired) electrons. The van der Waals surface area contributed by atoms with E-state index in [9.17, 15) is 9.18 Å². The number of benzene rings is 1. The molecule has 0 spiro atoms. The van der Waals surface area contributed by atoms with Crippen LogP contribution in [0.1, 0.15) is 12.5 Å². The topological polar surface area (TPSA) is 63.3 Å². The van der Waals surface area contributed by atoms with Crippen molar-refractivity contribution in [2.75, 3.05) is 0 Å². The average Bonchev–Trinajstić information content (AvgIpc) is 2.08. The summed E-state index contributed by atoms with van der Waals surface area (Å²) in [7, 11) is 0. The molecule has 0 saturated carbocycles. The fourth-order valence-electron chi connectivity index (χ4n) is 1.01. The molecule has 0 aliphatic carbocycles. The minimum absolute atomic E-state index is 0.127. The number of carbonyl (C=O) groups is 1. The third kappa shape index (κ3) is 1.86. The van der Waals surface area contributed by atoms with E-state index in [1.165, 1.54) is 19.1 Å². The van der Waals surface area contributed by atoms with Crippen LogP contribution in [0.3, 0.4) is 0 Å². The van der Waals surface area contributed by atoms with Crippen LogP contribution in [0.2, 0.25) is 5.02 Å². The van der Waals surface area contributed by atoms with Gasteiger partial charge in [-0.25, -0.2) is 9.18 Å². The van der Waals surface area contributed by atoms with Crippen LogP contribution < -0.4 is 5.73 Å². The Labute approximate surface area is 85.3 Å². The van der Waals surface area contributed by atoms with Crippen LogP contribution in [0, 0.1) is 5.82 Å². The molecule has 14 heavy (non-hydrogen) atoms. The van der Waals surface area contributed by atoms with Crippen LogP contribution in [0.4, 0.5) is 4.39 Å². The Bertz CT molecular complexity index is 379. The van der Waals surface area contributed by atoms with Gasteiger partial charge in [0.25, 0.3) is 0 Å². The normalized spacial score (nSPS) is 14.9. The first-order valence-electron chi connectivity index (χ1n) is 3.83. The summed E-state index contributed by atoms with van der Waals surface area (Å²) in [4.78, 5) is 10.8. The second-order valence-corrected chi connectivity index (χ2v) is 3.57. The monoisotopic (exact) mass is 217 g/mol. The van der Waals surface area contributed by atoms with Crippen molar-refractivity contribution in [2.24, 2.45) is 5.73 Å². The van der Waals surface area contributed by atoms with Crippen molar-refractivity contribution in [1.82, 2.24) is 0 Å². The largest absolute Gasteiger partial charge is 0.480 e. The second-order valence-electron chi connectivity index (χ2n) is 3.13. The van der Waals surface area contributed by atoms with Gasteiger partial charge in [0.15, 0.2) is 0 Å². The molecule has 3 N–H and O–H groups in total. The van der Waals surface area contributed by atoms with Gasteiger partial charge in [-0.1, -0.05) is 11.6 Å². The van der Waals surface area contributed by atoms with Gasteiger partial charge in [0, 0.05) is 10.6 Å².